The zero-order valence-electron chi connectivity index (χ0n) is 12.3. The van der Waals surface area contributed by atoms with E-state index in [0.29, 0.717) is 17.0 Å². The molecule has 1 amide bonds. The highest BCUT2D eigenvalue weighted by molar-refractivity contribution is 5.79. The minimum atomic E-state index is -3.29. The maximum Gasteiger partial charge on any atom is 0.315 e. The first-order valence-electron chi connectivity index (χ1n) is 6.95. The maximum atomic E-state index is 12.9. The van der Waals surface area contributed by atoms with Crippen molar-refractivity contribution in [3.05, 3.63) is 41.6 Å². The van der Waals surface area contributed by atoms with E-state index < -0.39 is 31.2 Å². The topological polar surface area (TPSA) is 95.6 Å². The van der Waals surface area contributed by atoms with Gasteiger partial charge in [-0.1, -0.05) is 29.4 Å². The number of benzene rings is 1. The fourth-order valence-corrected chi connectivity index (χ4v) is 2.05. The van der Waals surface area contributed by atoms with Gasteiger partial charge in [0.1, 0.15) is 18.5 Å². The van der Waals surface area contributed by atoms with Crippen LogP contribution in [0.2, 0.25) is 0 Å². The second-order valence-corrected chi connectivity index (χ2v) is 4.98. The van der Waals surface area contributed by atoms with Gasteiger partial charge in [-0.05, 0) is 5.56 Å². The number of alkyl halides is 3. The van der Waals surface area contributed by atoms with Crippen molar-refractivity contribution < 1.29 is 32.7 Å². The number of halogens is 3. The molecule has 2 atom stereocenters. The molecule has 9 heteroatoms. The van der Waals surface area contributed by atoms with E-state index in [2.05, 4.69) is 5.16 Å². The van der Waals surface area contributed by atoms with Gasteiger partial charge in [-0.25, -0.2) is 4.39 Å². The summed E-state index contributed by atoms with van der Waals surface area (Å²) in [5, 5.41) is 24.3. The lowest BCUT2D eigenvalue weighted by molar-refractivity contribution is -0.133. The lowest BCUT2D eigenvalue weighted by atomic mass is 10.0. The van der Waals surface area contributed by atoms with Gasteiger partial charge in [-0.2, -0.15) is 8.78 Å². The molecule has 1 aromatic carbocycles. The molecule has 0 aliphatic carbocycles. The van der Waals surface area contributed by atoms with Crippen molar-refractivity contribution in [3.63, 3.8) is 0 Å². The summed E-state index contributed by atoms with van der Waals surface area (Å²) in [5.41, 5.74) is 1.17. The molecule has 3 N–H and O–H groups in total. The molecule has 0 saturated carbocycles. The third-order valence-electron chi connectivity index (χ3n) is 3.33. The van der Waals surface area contributed by atoms with Crippen LogP contribution in [-0.2, 0) is 11.4 Å². The maximum absolute atomic E-state index is 12.9. The number of rotatable bonds is 7. The molecule has 1 aromatic heterocycles. The smallest absolute Gasteiger partial charge is 0.315 e. The number of hydrogen-bond acceptors (Lipinski definition) is 5. The van der Waals surface area contributed by atoms with E-state index in [0.717, 1.165) is 0 Å². The van der Waals surface area contributed by atoms with Gasteiger partial charge in [0.05, 0.1) is 12.6 Å². The van der Waals surface area contributed by atoms with Gasteiger partial charge in [0.15, 0.2) is 5.76 Å². The molecule has 0 unspecified atom stereocenters. The van der Waals surface area contributed by atoms with Gasteiger partial charge in [0, 0.05) is 11.6 Å². The van der Waals surface area contributed by atoms with Crippen molar-refractivity contribution in [1.82, 2.24) is 10.5 Å². The molecule has 1 heterocycles. The molecule has 2 rings (SSSR count). The Morgan fingerprint density at radius 2 is 1.96 bits per heavy atom. The fourth-order valence-electron chi connectivity index (χ4n) is 2.05. The molecule has 2 aromatic rings. The molecular weight excluding hydrogens is 329 g/mol. The van der Waals surface area contributed by atoms with E-state index in [-0.39, 0.29) is 12.2 Å². The van der Waals surface area contributed by atoms with E-state index in [1.807, 2.05) is 0 Å². The second-order valence-electron chi connectivity index (χ2n) is 4.98. The van der Waals surface area contributed by atoms with Gasteiger partial charge < -0.3 is 20.1 Å². The Balaban J connectivity index is 2.12. The van der Waals surface area contributed by atoms with Crippen LogP contribution in [0.3, 0.4) is 0 Å². The van der Waals surface area contributed by atoms with Crippen LogP contribution in [0.1, 0.15) is 17.4 Å². The van der Waals surface area contributed by atoms with Gasteiger partial charge in [-0.3, -0.25) is 4.79 Å². The first-order valence-corrected chi connectivity index (χ1v) is 6.95. The quantitative estimate of drug-likeness (QED) is 0.709. The van der Waals surface area contributed by atoms with Crippen molar-refractivity contribution in [2.24, 2.45) is 0 Å². The van der Waals surface area contributed by atoms with Crippen molar-refractivity contribution in [2.75, 3.05) is 6.67 Å². The van der Waals surface area contributed by atoms with E-state index in [4.69, 9.17) is 9.63 Å². The SMILES string of the molecule is O=C(N[C@H](CF)[C@H](O)c1ccc(-c2cc(CO)no2)cc1)C(F)F. The molecule has 0 spiro atoms. The number of amides is 1. The number of aromatic nitrogens is 1. The summed E-state index contributed by atoms with van der Waals surface area (Å²) in [7, 11) is 0. The summed E-state index contributed by atoms with van der Waals surface area (Å²) in [6.07, 6.45) is -4.78. The lowest BCUT2D eigenvalue weighted by Gasteiger charge is -2.21. The van der Waals surface area contributed by atoms with Gasteiger partial charge in [0.25, 0.3) is 5.91 Å². The number of aliphatic hydroxyl groups excluding tert-OH is 2. The number of aliphatic hydroxyl groups is 2. The minimum Gasteiger partial charge on any atom is -0.390 e. The molecule has 0 bridgehead atoms. The first kappa shape index (κ1) is 18.0. The number of nitrogens with one attached hydrogen (secondary N) is 1. The van der Waals surface area contributed by atoms with E-state index in [1.54, 1.807) is 17.4 Å². The summed E-state index contributed by atoms with van der Waals surface area (Å²) in [6.45, 7) is -1.48. The van der Waals surface area contributed by atoms with E-state index in [1.165, 1.54) is 18.2 Å². The molecule has 0 fully saturated rings. The molecular formula is C15H15F3N2O4. The van der Waals surface area contributed by atoms with Gasteiger partial charge in [0.2, 0.25) is 0 Å². The Kier molecular flexibility index (Phi) is 5.93. The molecule has 0 radical (unpaired) electrons. The lowest BCUT2D eigenvalue weighted by Crippen LogP contribution is -2.43. The summed E-state index contributed by atoms with van der Waals surface area (Å²) in [4.78, 5) is 10.9. The number of hydrogen-bond donors (Lipinski definition) is 3. The molecule has 130 valence electrons. The van der Waals surface area contributed by atoms with Gasteiger partial charge in [-0.15, -0.1) is 0 Å². The third kappa shape index (κ3) is 4.12. The fraction of sp³-hybridized carbons (Fsp3) is 0.333. The van der Waals surface area contributed by atoms with Crippen LogP contribution in [0.15, 0.2) is 34.9 Å². The van der Waals surface area contributed by atoms with E-state index in [9.17, 15) is 23.1 Å². The second kappa shape index (κ2) is 7.93. The van der Waals surface area contributed by atoms with Crippen LogP contribution in [0.5, 0.6) is 0 Å². The standard InChI is InChI=1S/C15H15F3N2O4/c16-6-11(19-15(23)14(17)18)13(22)9-3-1-8(2-4-9)12-5-10(7-21)20-24-12/h1-5,11,13-14,21-22H,6-7H2,(H,19,23)/t11-,13-/m1/s1. The molecule has 0 saturated heterocycles. The Hall–Kier alpha value is -2.39. The molecule has 6 nitrogen and oxygen atoms in total. The predicted octanol–water partition coefficient (Wildman–Crippen LogP) is 1.59. The average Bonchev–Trinajstić information content (AvgIpc) is 3.08. The van der Waals surface area contributed by atoms with Crippen LogP contribution in [0, 0.1) is 0 Å². The molecule has 0 aliphatic rings. The van der Waals surface area contributed by atoms with Gasteiger partial charge >= 0.3 is 6.43 Å². The number of nitrogens with zero attached hydrogens (tertiary/aromatic N) is 1. The van der Waals surface area contributed by atoms with Crippen LogP contribution >= 0.6 is 0 Å². The Morgan fingerprint density at radius 3 is 2.46 bits per heavy atom. The predicted molar refractivity (Wildman–Crippen MR) is 76.7 cm³/mol. The zero-order valence-corrected chi connectivity index (χ0v) is 12.3. The summed E-state index contributed by atoms with van der Waals surface area (Å²) in [6, 6.07) is 6.02. The van der Waals surface area contributed by atoms with E-state index >= 15 is 0 Å². The van der Waals surface area contributed by atoms with Crippen molar-refractivity contribution in [1.29, 1.82) is 0 Å². The minimum absolute atomic E-state index is 0.234. The zero-order chi connectivity index (χ0) is 17.7. The van der Waals surface area contributed by atoms with Crippen LogP contribution in [-0.4, -0.2) is 40.4 Å². The number of carbonyl (C=O) groups is 1. The van der Waals surface area contributed by atoms with Crippen molar-refractivity contribution in [2.45, 2.75) is 25.2 Å². The molecule has 24 heavy (non-hydrogen) atoms. The Labute approximate surface area is 134 Å². The summed E-state index contributed by atoms with van der Waals surface area (Å²) < 4.78 is 42.4. The van der Waals surface area contributed by atoms with Crippen LogP contribution in [0.4, 0.5) is 13.2 Å². The molecule has 0 aliphatic heterocycles. The highest BCUT2D eigenvalue weighted by Gasteiger charge is 2.26. The third-order valence-corrected chi connectivity index (χ3v) is 3.33. The Bertz CT molecular complexity index is 676. The van der Waals surface area contributed by atoms with Crippen LogP contribution in [0.25, 0.3) is 11.3 Å². The highest BCUT2D eigenvalue weighted by Crippen LogP contribution is 2.24. The summed E-state index contributed by atoms with van der Waals surface area (Å²) in [5.74, 6) is -1.26. The first-order chi connectivity index (χ1) is 11.5. The summed E-state index contributed by atoms with van der Waals surface area (Å²) >= 11 is 0. The van der Waals surface area contributed by atoms with Crippen molar-refractivity contribution >= 4 is 5.91 Å². The number of carbonyl (C=O) groups excluding carboxylic acids is 1. The highest BCUT2D eigenvalue weighted by atomic mass is 19.3. The normalized spacial score (nSPS) is 13.8. The monoisotopic (exact) mass is 344 g/mol. The Morgan fingerprint density at radius 1 is 1.29 bits per heavy atom. The average molecular weight is 344 g/mol. The van der Waals surface area contributed by atoms with Crippen LogP contribution < -0.4 is 5.32 Å². The van der Waals surface area contributed by atoms with Crippen molar-refractivity contribution in [3.8, 4) is 11.3 Å². The largest absolute Gasteiger partial charge is 0.390 e.